The molecule has 2 atom stereocenters. The molecule has 0 saturated heterocycles. The Morgan fingerprint density at radius 3 is 2.32 bits per heavy atom. The zero-order valence-corrected chi connectivity index (χ0v) is 41.8. The molecule has 386 valence electrons. The number of urea groups is 1. The van der Waals surface area contributed by atoms with Gasteiger partial charge in [0.2, 0.25) is 17.7 Å². The molecule has 7 rings (SSSR count). The second-order valence-electron chi connectivity index (χ2n) is 18.3. The molecule has 8 amide bonds. The van der Waals surface area contributed by atoms with Gasteiger partial charge in [-0.25, -0.2) is 24.1 Å². The number of ether oxygens (including phenoxy) is 1. The van der Waals surface area contributed by atoms with Crippen molar-refractivity contribution in [3.63, 3.8) is 0 Å². The molecule has 7 N–H and O–H groups in total. The summed E-state index contributed by atoms with van der Waals surface area (Å²) >= 11 is 0. The Balaban J connectivity index is 0.987. The number of nitrogens with zero attached hydrogens (tertiary/aromatic N) is 7. The number of anilines is 1. The van der Waals surface area contributed by atoms with Gasteiger partial charge >= 0.3 is 12.1 Å². The molecule has 1 aliphatic rings. The van der Waals surface area contributed by atoms with E-state index in [2.05, 4.69) is 36.3 Å². The molecule has 2 aromatic carbocycles. The third-order valence-electron chi connectivity index (χ3n) is 12.3. The van der Waals surface area contributed by atoms with Gasteiger partial charge in [0.05, 0.1) is 17.9 Å². The molecule has 0 fully saturated rings. The second-order valence-corrected chi connectivity index (χ2v) is 18.3. The maximum absolute atomic E-state index is 14.1. The molecular weight excluding hydrogens is 947 g/mol. The summed E-state index contributed by atoms with van der Waals surface area (Å²) in [6, 6.07) is 21.2. The molecule has 21 heteroatoms. The summed E-state index contributed by atoms with van der Waals surface area (Å²) in [6.45, 7) is 8.03. The van der Waals surface area contributed by atoms with Crippen molar-refractivity contribution in [2.45, 2.75) is 98.0 Å². The number of imide groups is 1. The lowest BCUT2D eigenvalue weighted by molar-refractivity contribution is -0.137. The van der Waals surface area contributed by atoms with Crippen LogP contribution >= 0.6 is 0 Å². The fourth-order valence-electron chi connectivity index (χ4n) is 8.25. The Hall–Kier alpha value is -8.75. The van der Waals surface area contributed by atoms with Gasteiger partial charge in [0.1, 0.15) is 36.5 Å². The molecule has 6 aromatic rings. The van der Waals surface area contributed by atoms with Crippen molar-refractivity contribution in [3.8, 4) is 22.6 Å². The molecule has 2 unspecified atom stereocenters. The number of imidazole rings is 1. The van der Waals surface area contributed by atoms with E-state index in [9.17, 15) is 33.6 Å². The van der Waals surface area contributed by atoms with Gasteiger partial charge in [-0.05, 0) is 98.5 Å². The van der Waals surface area contributed by atoms with E-state index in [1.807, 2.05) is 74.6 Å². The maximum atomic E-state index is 14.1. The number of aromatic nitrogens is 6. The molecule has 0 aliphatic carbocycles. The molecule has 0 spiro atoms. The number of pyridine rings is 2. The summed E-state index contributed by atoms with van der Waals surface area (Å²) in [5, 5.41) is 15.2. The third-order valence-corrected chi connectivity index (χ3v) is 12.3. The fourth-order valence-corrected chi connectivity index (χ4v) is 8.25. The number of nitrogens with two attached hydrogens (primary N) is 1. The lowest BCUT2D eigenvalue weighted by Gasteiger charge is -2.25. The van der Waals surface area contributed by atoms with Crippen LogP contribution in [0, 0.1) is 19.8 Å². The van der Waals surface area contributed by atoms with Crippen molar-refractivity contribution in [3.05, 3.63) is 132 Å². The van der Waals surface area contributed by atoms with Crippen LogP contribution in [0.3, 0.4) is 0 Å². The highest BCUT2D eigenvalue weighted by Crippen LogP contribution is 2.30. The van der Waals surface area contributed by atoms with Crippen molar-refractivity contribution in [2.75, 3.05) is 18.4 Å². The number of aryl methyl sites for hydroxylation is 2. The Morgan fingerprint density at radius 1 is 0.824 bits per heavy atom. The van der Waals surface area contributed by atoms with Crippen molar-refractivity contribution < 1.29 is 38.3 Å². The first-order valence-electron chi connectivity index (χ1n) is 24.5. The van der Waals surface area contributed by atoms with Gasteiger partial charge in [-0.15, -0.1) is 0 Å². The van der Waals surface area contributed by atoms with Crippen molar-refractivity contribution in [1.82, 2.24) is 55.3 Å². The van der Waals surface area contributed by atoms with E-state index >= 15 is 0 Å². The van der Waals surface area contributed by atoms with Crippen LogP contribution in [-0.4, -0.2) is 106 Å². The van der Waals surface area contributed by atoms with E-state index in [1.54, 1.807) is 47.5 Å². The van der Waals surface area contributed by atoms with E-state index in [-0.39, 0.29) is 69.3 Å². The van der Waals surface area contributed by atoms with Crippen molar-refractivity contribution in [2.24, 2.45) is 11.7 Å². The normalized spacial score (nSPS) is 13.0. The minimum atomic E-state index is -1.06. The van der Waals surface area contributed by atoms with Crippen LogP contribution in [0.5, 0.6) is 0 Å². The number of primary amides is 1. The molecule has 1 aliphatic heterocycles. The highest BCUT2D eigenvalue weighted by Gasteiger charge is 2.30. The summed E-state index contributed by atoms with van der Waals surface area (Å²) in [4.78, 5) is 110. The first kappa shape index (κ1) is 53.1. The van der Waals surface area contributed by atoms with Gasteiger partial charge < -0.3 is 36.7 Å². The number of nitrogens with one attached hydrogen (secondary N) is 5. The average molecular weight is 1010 g/mol. The van der Waals surface area contributed by atoms with Gasteiger partial charge in [-0.2, -0.15) is 5.10 Å². The first-order valence-corrected chi connectivity index (χ1v) is 24.5. The fraction of sp³-hybridized carbons (Fsp3) is 0.340. The Labute approximate surface area is 427 Å². The molecule has 21 nitrogen and oxygen atoms in total. The first-order chi connectivity index (χ1) is 35.6. The highest BCUT2D eigenvalue weighted by atomic mass is 16.6. The molecule has 4 aromatic heterocycles. The van der Waals surface area contributed by atoms with Crippen LogP contribution in [0.15, 0.2) is 104 Å². The molecule has 5 heterocycles. The molecule has 0 bridgehead atoms. The van der Waals surface area contributed by atoms with Gasteiger partial charge in [-0.3, -0.25) is 38.8 Å². The van der Waals surface area contributed by atoms with Gasteiger partial charge in [0, 0.05) is 61.3 Å². The summed E-state index contributed by atoms with van der Waals surface area (Å²) < 4.78 is 7.59. The minimum Gasteiger partial charge on any atom is -0.445 e. The third kappa shape index (κ3) is 14.4. The number of carbonyl (C=O) groups is 7. The predicted octanol–water partition coefficient (Wildman–Crippen LogP) is 5.64. The van der Waals surface area contributed by atoms with Crippen LogP contribution in [0.1, 0.15) is 80.6 Å². The number of H-pyrrole nitrogens is 1. The summed E-state index contributed by atoms with van der Waals surface area (Å²) in [5.74, 6) is -2.01. The van der Waals surface area contributed by atoms with Crippen LogP contribution in [-0.2, 0) is 48.4 Å². The van der Waals surface area contributed by atoms with Crippen LogP contribution in [0.4, 0.5) is 15.3 Å². The van der Waals surface area contributed by atoms with E-state index < -0.39 is 36.0 Å². The molecule has 0 radical (unpaired) electrons. The van der Waals surface area contributed by atoms with E-state index in [4.69, 9.17) is 20.4 Å². The second kappa shape index (κ2) is 25.1. The smallest absolute Gasteiger partial charge is 0.410 e. The zero-order valence-electron chi connectivity index (χ0n) is 41.8. The Bertz CT molecular complexity index is 3000. The number of hydrogen-bond donors (Lipinski definition) is 6. The van der Waals surface area contributed by atoms with E-state index in [1.165, 1.54) is 18.5 Å². The van der Waals surface area contributed by atoms with Gasteiger partial charge in [0.25, 0.3) is 11.8 Å². The van der Waals surface area contributed by atoms with E-state index in [0.717, 1.165) is 27.3 Å². The van der Waals surface area contributed by atoms with E-state index in [0.29, 0.717) is 65.5 Å². The number of benzene rings is 2. The average Bonchev–Trinajstić information content (AvgIpc) is 4.12. The Morgan fingerprint density at radius 2 is 1.59 bits per heavy atom. The van der Waals surface area contributed by atoms with Crippen LogP contribution in [0.25, 0.3) is 28.3 Å². The lowest BCUT2D eigenvalue weighted by atomic mass is 10.0. The van der Waals surface area contributed by atoms with Crippen molar-refractivity contribution in [1.29, 1.82) is 0 Å². The summed E-state index contributed by atoms with van der Waals surface area (Å²) in [6.07, 6.45) is 7.31. The zero-order chi connectivity index (χ0) is 52.7. The number of carbonyl (C=O) groups excluding carboxylic acids is 7. The monoisotopic (exact) mass is 1010 g/mol. The topological polar surface area (TPSA) is 281 Å². The quantitative estimate of drug-likeness (QED) is 0.0318. The van der Waals surface area contributed by atoms with Crippen molar-refractivity contribution >= 4 is 53.0 Å². The van der Waals surface area contributed by atoms with Gasteiger partial charge in [-0.1, -0.05) is 62.7 Å². The number of fused-ring (bicyclic) bond motifs is 1. The lowest BCUT2D eigenvalue weighted by Crippen LogP contribution is -2.54. The predicted molar refractivity (Wildman–Crippen MR) is 274 cm³/mol. The van der Waals surface area contributed by atoms with Crippen LogP contribution < -0.4 is 27.0 Å². The van der Waals surface area contributed by atoms with Gasteiger partial charge in [0.15, 0.2) is 5.65 Å². The number of hydrogen-bond acceptors (Lipinski definition) is 12. The Kier molecular flexibility index (Phi) is 18.0. The SMILES string of the molecule is Cc1cccc(-c2nc(CN(Cc3ccccc3C)C(=O)OCc3ccc(NC(=O)C(CCCNC(N)=O)NC(=O)C(NC(=O)CCCCCN4C(=O)C=CC4=O)C(C)C)cc3)[nH]c2-c2ccc3ncnn3c2)n1. The molecule has 0 saturated carbocycles. The number of rotatable bonds is 24. The number of unbranched alkanes of at least 4 members (excludes halogenated alkanes) is 2. The standard InChI is InChI=1S/C53H61N13O8/c1-33(2)47(63-44(67)17-6-5-9-27-65-45(68)24-25-46(65)69)51(71)60-41(16-11-26-55-52(54)72)50(70)59-39-21-18-36(19-22-39)31-74-53(73)64(28-37-14-8-7-12-34(37)3)30-42-61-48(38-20-23-43-56-32-57-66(43)29-38)49(62-42)40-15-10-13-35(4)58-40/h7-8,10,12-15,18-25,29,32-33,41,47H,5-6,9,11,16-17,26-28,30-31H2,1-4H3,(H,59,70)(H,60,71)(H,61,62)(H,63,67)(H3,54,55,72). The maximum Gasteiger partial charge on any atom is 0.410 e. The largest absolute Gasteiger partial charge is 0.445 e. The molecule has 74 heavy (non-hydrogen) atoms. The van der Waals surface area contributed by atoms with Crippen LogP contribution in [0.2, 0.25) is 0 Å². The number of amides is 8. The highest BCUT2D eigenvalue weighted by molar-refractivity contribution is 6.12. The molecular formula is C53H61N13O8. The summed E-state index contributed by atoms with van der Waals surface area (Å²) in [5.41, 5.74) is 12.4. The minimum absolute atomic E-state index is 0.0657. The number of aromatic amines is 1. The summed E-state index contributed by atoms with van der Waals surface area (Å²) in [7, 11) is 0.